The molecule has 1 amide bonds. The van der Waals surface area contributed by atoms with Crippen molar-refractivity contribution in [1.29, 1.82) is 0 Å². The van der Waals surface area contributed by atoms with Crippen molar-refractivity contribution in [2.24, 2.45) is 5.41 Å². The third-order valence-corrected chi connectivity index (χ3v) is 5.08. The van der Waals surface area contributed by atoms with Crippen LogP contribution in [0.5, 0.6) is 5.75 Å². The number of benzene rings is 1. The number of ether oxygens (including phenoxy) is 1. The number of piperidine rings is 1. The molecule has 1 atom stereocenters. The first-order valence-electron chi connectivity index (χ1n) is 8.36. The molecule has 24 heavy (non-hydrogen) atoms. The van der Waals surface area contributed by atoms with Crippen molar-refractivity contribution in [3.8, 4) is 5.75 Å². The lowest BCUT2D eigenvalue weighted by Crippen LogP contribution is -2.47. The number of aromatic amines is 1. The predicted octanol–water partition coefficient (Wildman–Crippen LogP) is 2.14. The fraction of sp³-hybridized carbons (Fsp3) is 0.529. The van der Waals surface area contributed by atoms with Crippen LogP contribution in [0.2, 0.25) is 0 Å². The van der Waals surface area contributed by atoms with E-state index in [0.29, 0.717) is 24.5 Å². The zero-order valence-corrected chi connectivity index (χ0v) is 14.0. The van der Waals surface area contributed by atoms with Gasteiger partial charge in [-0.2, -0.15) is 5.21 Å². The summed E-state index contributed by atoms with van der Waals surface area (Å²) in [5, 5.41) is 14.5. The Bertz CT molecular complexity index is 756. The van der Waals surface area contributed by atoms with E-state index < -0.39 is 0 Å². The number of carbonyl (C=O) groups excluding carboxylic acids is 1. The Morgan fingerprint density at radius 1 is 1.42 bits per heavy atom. The fourth-order valence-corrected chi connectivity index (χ4v) is 3.87. The number of nitrogens with zero attached hydrogens (tertiary/aromatic N) is 4. The molecule has 4 rings (SSSR count). The second kappa shape index (κ2) is 5.58. The van der Waals surface area contributed by atoms with Crippen LogP contribution in [0.3, 0.4) is 0 Å². The molecule has 1 N–H and O–H groups in total. The average Bonchev–Trinajstić information content (AvgIpc) is 3.23. The van der Waals surface area contributed by atoms with Gasteiger partial charge in [0.2, 0.25) is 0 Å². The van der Waals surface area contributed by atoms with Gasteiger partial charge in [-0.3, -0.25) is 4.79 Å². The van der Waals surface area contributed by atoms with E-state index in [4.69, 9.17) is 4.74 Å². The number of likely N-dealkylation sites (tertiary alicyclic amines) is 1. The number of fused-ring (bicyclic) bond motifs is 1. The van der Waals surface area contributed by atoms with E-state index in [0.717, 1.165) is 30.6 Å². The monoisotopic (exact) mass is 327 g/mol. The van der Waals surface area contributed by atoms with Crippen LogP contribution < -0.4 is 4.74 Å². The van der Waals surface area contributed by atoms with Crippen molar-refractivity contribution < 1.29 is 9.53 Å². The summed E-state index contributed by atoms with van der Waals surface area (Å²) in [5.41, 5.74) is 1.70. The van der Waals surface area contributed by atoms with Gasteiger partial charge in [0, 0.05) is 18.5 Å². The van der Waals surface area contributed by atoms with E-state index in [-0.39, 0.29) is 17.4 Å². The Hall–Kier alpha value is -2.44. The van der Waals surface area contributed by atoms with Crippen LogP contribution >= 0.6 is 0 Å². The highest BCUT2D eigenvalue weighted by molar-refractivity contribution is 5.95. The molecule has 0 radical (unpaired) electrons. The van der Waals surface area contributed by atoms with E-state index >= 15 is 0 Å². The maximum Gasteiger partial charge on any atom is 0.254 e. The third-order valence-electron chi connectivity index (χ3n) is 5.08. The first-order chi connectivity index (χ1) is 11.6. The summed E-state index contributed by atoms with van der Waals surface area (Å²) in [5.74, 6) is 1.49. The number of H-pyrrole nitrogens is 1. The molecule has 2 aromatic rings. The highest BCUT2D eigenvalue weighted by atomic mass is 16.5. The summed E-state index contributed by atoms with van der Waals surface area (Å²) in [6.45, 7) is 5.71. The molecule has 1 saturated heterocycles. The molecule has 0 spiro atoms. The summed E-state index contributed by atoms with van der Waals surface area (Å²) in [7, 11) is 0. The van der Waals surface area contributed by atoms with Gasteiger partial charge in [-0.05, 0) is 42.0 Å². The van der Waals surface area contributed by atoms with Gasteiger partial charge >= 0.3 is 0 Å². The predicted molar refractivity (Wildman–Crippen MR) is 86.6 cm³/mol. The van der Waals surface area contributed by atoms with Crippen molar-refractivity contribution in [2.45, 2.75) is 39.2 Å². The lowest BCUT2D eigenvalue weighted by atomic mass is 9.75. The molecular formula is C17H21N5O2. The number of tetrazole rings is 1. The molecule has 2 aliphatic rings. The van der Waals surface area contributed by atoms with Crippen molar-refractivity contribution in [2.75, 3.05) is 13.2 Å². The van der Waals surface area contributed by atoms with E-state index in [2.05, 4.69) is 34.5 Å². The van der Waals surface area contributed by atoms with E-state index in [1.54, 1.807) is 0 Å². The average molecular weight is 327 g/mol. The van der Waals surface area contributed by atoms with Crippen LogP contribution in [-0.4, -0.2) is 44.6 Å². The smallest absolute Gasteiger partial charge is 0.254 e. The summed E-state index contributed by atoms with van der Waals surface area (Å²) in [4.78, 5) is 15.1. The largest absolute Gasteiger partial charge is 0.493 e. The summed E-state index contributed by atoms with van der Waals surface area (Å²) < 4.78 is 5.53. The van der Waals surface area contributed by atoms with Gasteiger partial charge < -0.3 is 9.64 Å². The second-order valence-corrected chi connectivity index (χ2v) is 7.18. The van der Waals surface area contributed by atoms with Gasteiger partial charge in [-0.25, -0.2) is 0 Å². The van der Waals surface area contributed by atoms with Gasteiger partial charge in [-0.1, -0.05) is 19.1 Å². The van der Waals surface area contributed by atoms with Gasteiger partial charge in [-0.15, -0.1) is 10.2 Å². The maximum absolute atomic E-state index is 13.2. The number of aromatic nitrogens is 4. The Morgan fingerprint density at radius 3 is 3.08 bits per heavy atom. The molecule has 7 heteroatoms. The second-order valence-electron chi connectivity index (χ2n) is 7.18. The molecule has 2 aliphatic heterocycles. The van der Waals surface area contributed by atoms with Crippen LogP contribution in [0, 0.1) is 5.41 Å². The van der Waals surface area contributed by atoms with Crippen molar-refractivity contribution in [3.05, 3.63) is 35.2 Å². The number of carbonyl (C=O) groups is 1. The topological polar surface area (TPSA) is 84.0 Å². The summed E-state index contributed by atoms with van der Waals surface area (Å²) in [6.07, 6.45) is 2.85. The Morgan fingerprint density at radius 2 is 2.29 bits per heavy atom. The quantitative estimate of drug-likeness (QED) is 0.913. The number of amides is 1. The minimum absolute atomic E-state index is 0.0206. The number of hydrogen-bond donors (Lipinski definition) is 1. The van der Waals surface area contributed by atoms with Gasteiger partial charge in [0.1, 0.15) is 11.8 Å². The van der Waals surface area contributed by atoms with Crippen LogP contribution in [0.15, 0.2) is 18.2 Å². The molecule has 0 bridgehead atoms. The molecule has 1 aromatic carbocycles. The van der Waals surface area contributed by atoms with Crippen LogP contribution in [0.1, 0.15) is 54.5 Å². The molecule has 1 aromatic heterocycles. The molecule has 3 heterocycles. The molecule has 7 nitrogen and oxygen atoms in total. The van der Waals surface area contributed by atoms with Crippen LogP contribution in [0.25, 0.3) is 0 Å². The van der Waals surface area contributed by atoms with Crippen molar-refractivity contribution in [1.82, 2.24) is 25.5 Å². The van der Waals surface area contributed by atoms with E-state index in [1.807, 2.05) is 23.1 Å². The molecule has 126 valence electrons. The molecule has 1 fully saturated rings. The minimum atomic E-state index is -0.179. The number of hydrogen-bond acceptors (Lipinski definition) is 5. The van der Waals surface area contributed by atoms with Gasteiger partial charge in [0.15, 0.2) is 5.82 Å². The lowest BCUT2D eigenvalue weighted by Gasteiger charge is -2.44. The van der Waals surface area contributed by atoms with Gasteiger partial charge in [0.25, 0.3) is 5.91 Å². The number of rotatable bonds is 2. The highest BCUT2D eigenvalue weighted by Gasteiger charge is 2.43. The normalized spacial score (nSPS) is 22.1. The summed E-state index contributed by atoms with van der Waals surface area (Å²) in [6, 6.07) is 5.52. The molecule has 0 saturated carbocycles. The Balaban J connectivity index is 1.69. The standard InChI is InChI=1S/C17H21N5O2/c1-17(2)7-3-8-22(14(17)15-18-20-21-19-15)16(23)12-4-5-13-11(10-12)6-9-24-13/h4-5,10,14H,3,6-9H2,1-2H3,(H,18,19,20,21). The third kappa shape index (κ3) is 2.44. The van der Waals surface area contributed by atoms with E-state index in [1.165, 1.54) is 0 Å². The van der Waals surface area contributed by atoms with Crippen LogP contribution in [-0.2, 0) is 6.42 Å². The zero-order valence-electron chi connectivity index (χ0n) is 14.0. The van der Waals surface area contributed by atoms with Crippen molar-refractivity contribution >= 4 is 5.91 Å². The molecule has 1 unspecified atom stereocenters. The van der Waals surface area contributed by atoms with Crippen LogP contribution in [0.4, 0.5) is 0 Å². The minimum Gasteiger partial charge on any atom is -0.493 e. The van der Waals surface area contributed by atoms with E-state index in [9.17, 15) is 4.79 Å². The molecular weight excluding hydrogens is 306 g/mol. The fourth-order valence-electron chi connectivity index (χ4n) is 3.87. The Kier molecular flexibility index (Phi) is 3.51. The molecule has 0 aliphatic carbocycles. The zero-order chi connectivity index (χ0) is 16.7. The first-order valence-corrected chi connectivity index (χ1v) is 8.36. The maximum atomic E-state index is 13.2. The lowest BCUT2D eigenvalue weighted by molar-refractivity contribution is 0.0239. The van der Waals surface area contributed by atoms with Crippen molar-refractivity contribution in [3.63, 3.8) is 0 Å². The highest BCUT2D eigenvalue weighted by Crippen LogP contribution is 2.44. The van der Waals surface area contributed by atoms with Gasteiger partial charge in [0.05, 0.1) is 6.61 Å². The number of nitrogens with one attached hydrogen (secondary N) is 1. The first kappa shape index (κ1) is 15.1. The Labute approximate surface area is 140 Å². The SMILES string of the molecule is CC1(C)CCCN(C(=O)c2ccc3c(c2)CCO3)C1c1nn[nH]n1. The summed E-state index contributed by atoms with van der Waals surface area (Å²) >= 11 is 0.